The number of hydrogen-bond donors (Lipinski definition) is 0. The second-order valence-corrected chi connectivity index (χ2v) is 4.48. The molecule has 0 aliphatic carbocycles. The standard InChI is InChI=1S/C13H14F3NO2/c1-19-9-2-4-17(5-3-9)13(18)8-6-10(14)12(16)11(15)7-8/h6-7,9H,2-5H2,1H3. The Hall–Kier alpha value is -1.56. The summed E-state index contributed by atoms with van der Waals surface area (Å²) in [5, 5.41) is 0. The third-order valence-electron chi connectivity index (χ3n) is 3.29. The summed E-state index contributed by atoms with van der Waals surface area (Å²) >= 11 is 0. The van der Waals surface area contributed by atoms with Crippen molar-refractivity contribution >= 4 is 5.91 Å². The van der Waals surface area contributed by atoms with Crippen molar-refractivity contribution in [3.05, 3.63) is 35.1 Å². The number of piperidine rings is 1. The first-order valence-corrected chi connectivity index (χ1v) is 5.99. The SMILES string of the molecule is COC1CCN(C(=O)c2cc(F)c(F)c(F)c2)CC1. The van der Waals surface area contributed by atoms with Gasteiger partial charge in [-0.25, -0.2) is 13.2 Å². The molecule has 0 atom stereocenters. The van der Waals surface area contributed by atoms with Crippen LogP contribution in [0.5, 0.6) is 0 Å². The minimum atomic E-state index is -1.56. The van der Waals surface area contributed by atoms with Crippen molar-refractivity contribution < 1.29 is 22.7 Å². The van der Waals surface area contributed by atoms with Crippen LogP contribution in [0.3, 0.4) is 0 Å². The number of nitrogens with zero attached hydrogens (tertiary/aromatic N) is 1. The van der Waals surface area contributed by atoms with Gasteiger partial charge in [0.15, 0.2) is 17.5 Å². The lowest BCUT2D eigenvalue weighted by atomic mass is 10.1. The Labute approximate surface area is 109 Å². The third kappa shape index (κ3) is 2.89. The fraction of sp³-hybridized carbons (Fsp3) is 0.462. The van der Waals surface area contributed by atoms with Gasteiger partial charge in [0.05, 0.1) is 6.10 Å². The van der Waals surface area contributed by atoms with Gasteiger partial charge in [0.2, 0.25) is 0 Å². The molecule has 1 saturated heterocycles. The molecule has 1 heterocycles. The Morgan fingerprint density at radius 2 is 1.74 bits per heavy atom. The quantitative estimate of drug-likeness (QED) is 0.774. The van der Waals surface area contributed by atoms with Crippen LogP contribution in [0.25, 0.3) is 0 Å². The number of hydrogen-bond acceptors (Lipinski definition) is 2. The summed E-state index contributed by atoms with van der Waals surface area (Å²) < 4.78 is 44.2. The van der Waals surface area contributed by atoms with Gasteiger partial charge < -0.3 is 9.64 Å². The van der Waals surface area contributed by atoms with Crippen molar-refractivity contribution in [2.45, 2.75) is 18.9 Å². The average Bonchev–Trinajstić information content (AvgIpc) is 2.43. The predicted molar refractivity (Wildman–Crippen MR) is 62.3 cm³/mol. The number of amides is 1. The summed E-state index contributed by atoms with van der Waals surface area (Å²) in [7, 11) is 1.60. The van der Waals surface area contributed by atoms with Gasteiger partial charge in [-0.1, -0.05) is 0 Å². The zero-order valence-electron chi connectivity index (χ0n) is 10.5. The van der Waals surface area contributed by atoms with Gasteiger partial charge in [0.25, 0.3) is 5.91 Å². The summed E-state index contributed by atoms with van der Waals surface area (Å²) in [5.41, 5.74) is -0.174. The molecule has 0 saturated carbocycles. The molecule has 1 fully saturated rings. The Morgan fingerprint density at radius 3 is 2.21 bits per heavy atom. The van der Waals surface area contributed by atoms with Gasteiger partial charge in [-0.05, 0) is 25.0 Å². The molecule has 0 radical (unpaired) electrons. The molecular weight excluding hydrogens is 259 g/mol. The Balaban J connectivity index is 2.12. The van der Waals surface area contributed by atoms with E-state index in [1.54, 1.807) is 7.11 Å². The first kappa shape index (κ1) is 13.9. The van der Waals surface area contributed by atoms with E-state index in [2.05, 4.69) is 0 Å². The van der Waals surface area contributed by atoms with E-state index >= 15 is 0 Å². The molecule has 1 aromatic rings. The molecule has 19 heavy (non-hydrogen) atoms. The monoisotopic (exact) mass is 273 g/mol. The molecule has 1 aliphatic heterocycles. The van der Waals surface area contributed by atoms with Gasteiger partial charge in [0, 0.05) is 25.8 Å². The van der Waals surface area contributed by atoms with E-state index < -0.39 is 23.4 Å². The molecular formula is C13H14F3NO2. The minimum absolute atomic E-state index is 0.103. The Bertz CT molecular complexity index is 462. The highest BCUT2D eigenvalue weighted by Crippen LogP contribution is 2.18. The van der Waals surface area contributed by atoms with Crippen molar-refractivity contribution in [3.8, 4) is 0 Å². The molecule has 3 nitrogen and oxygen atoms in total. The second kappa shape index (κ2) is 5.61. The van der Waals surface area contributed by atoms with E-state index in [-0.39, 0.29) is 11.7 Å². The van der Waals surface area contributed by atoms with Crippen LogP contribution in [0.15, 0.2) is 12.1 Å². The lowest BCUT2D eigenvalue weighted by molar-refractivity contribution is 0.0350. The molecule has 0 bridgehead atoms. The van der Waals surface area contributed by atoms with Crippen molar-refractivity contribution in [3.63, 3.8) is 0 Å². The fourth-order valence-corrected chi connectivity index (χ4v) is 2.16. The lowest BCUT2D eigenvalue weighted by Crippen LogP contribution is -2.40. The molecule has 0 spiro atoms. The topological polar surface area (TPSA) is 29.5 Å². The van der Waals surface area contributed by atoms with Gasteiger partial charge in [-0.3, -0.25) is 4.79 Å². The van der Waals surface area contributed by atoms with E-state index in [0.717, 1.165) is 12.1 Å². The normalized spacial score (nSPS) is 16.7. The fourth-order valence-electron chi connectivity index (χ4n) is 2.16. The average molecular weight is 273 g/mol. The number of benzene rings is 1. The number of rotatable bonds is 2. The number of carbonyl (C=O) groups is 1. The highest BCUT2D eigenvalue weighted by atomic mass is 19.2. The van der Waals surface area contributed by atoms with Crippen LogP contribution in [0, 0.1) is 17.5 Å². The number of methoxy groups -OCH3 is 1. The van der Waals surface area contributed by atoms with Crippen LogP contribution in [-0.4, -0.2) is 37.1 Å². The van der Waals surface area contributed by atoms with E-state index in [0.29, 0.717) is 25.9 Å². The Kier molecular flexibility index (Phi) is 4.09. The predicted octanol–water partition coefficient (Wildman–Crippen LogP) is 2.35. The van der Waals surface area contributed by atoms with Crippen LogP contribution in [0.4, 0.5) is 13.2 Å². The number of ether oxygens (including phenoxy) is 1. The second-order valence-electron chi connectivity index (χ2n) is 4.48. The maximum atomic E-state index is 13.1. The molecule has 2 rings (SSSR count). The van der Waals surface area contributed by atoms with Crippen LogP contribution in [0.2, 0.25) is 0 Å². The van der Waals surface area contributed by atoms with Crippen molar-refractivity contribution in [2.24, 2.45) is 0 Å². The molecule has 0 aromatic heterocycles. The molecule has 6 heteroatoms. The minimum Gasteiger partial charge on any atom is -0.381 e. The summed E-state index contributed by atoms with van der Waals surface area (Å²) in [5.74, 6) is -4.76. The van der Waals surface area contributed by atoms with E-state index in [1.165, 1.54) is 4.90 Å². The first-order chi connectivity index (χ1) is 9.02. The van der Waals surface area contributed by atoms with Crippen molar-refractivity contribution in [2.75, 3.05) is 20.2 Å². The molecule has 1 aliphatic rings. The van der Waals surface area contributed by atoms with Crippen LogP contribution >= 0.6 is 0 Å². The first-order valence-electron chi connectivity index (χ1n) is 5.99. The molecule has 1 amide bonds. The number of carbonyl (C=O) groups excluding carboxylic acids is 1. The van der Waals surface area contributed by atoms with Gasteiger partial charge in [0.1, 0.15) is 0 Å². The molecule has 104 valence electrons. The highest BCUT2D eigenvalue weighted by Gasteiger charge is 2.25. The van der Waals surface area contributed by atoms with Gasteiger partial charge in [-0.15, -0.1) is 0 Å². The zero-order chi connectivity index (χ0) is 14.0. The van der Waals surface area contributed by atoms with Crippen LogP contribution in [-0.2, 0) is 4.74 Å². The molecule has 1 aromatic carbocycles. The summed E-state index contributed by atoms with van der Waals surface area (Å²) in [4.78, 5) is 13.5. The largest absolute Gasteiger partial charge is 0.381 e. The number of likely N-dealkylation sites (tertiary alicyclic amines) is 1. The van der Waals surface area contributed by atoms with E-state index in [9.17, 15) is 18.0 Å². The Morgan fingerprint density at radius 1 is 1.21 bits per heavy atom. The smallest absolute Gasteiger partial charge is 0.254 e. The van der Waals surface area contributed by atoms with Gasteiger partial charge in [-0.2, -0.15) is 0 Å². The summed E-state index contributed by atoms with van der Waals surface area (Å²) in [6.45, 7) is 0.913. The van der Waals surface area contributed by atoms with Crippen molar-refractivity contribution in [1.82, 2.24) is 4.90 Å². The molecule has 0 N–H and O–H groups in total. The summed E-state index contributed by atoms with van der Waals surface area (Å²) in [6, 6.07) is 1.45. The lowest BCUT2D eigenvalue weighted by Gasteiger charge is -2.31. The van der Waals surface area contributed by atoms with E-state index in [4.69, 9.17) is 4.74 Å². The highest BCUT2D eigenvalue weighted by molar-refractivity contribution is 5.94. The zero-order valence-corrected chi connectivity index (χ0v) is 10.5. The van der Waals surface area contributed by atoms with Crippen LogP contribution in [0.1, 0.15) is 23.2 Å². The number of halogens is 3. The summed E-state index contributed by atoms with van der Waals surface area (Å²) in [6.07, 6.45) is 1.45. The molecule has 0 unspecified atom stereocenters. The van der Waals surface area contributed by atoms with Crippen molar-refractivity contribution in [1.29, 1.82) is 0 Å². The van der Waals surface area contributed by atoms with E-state index in [1.807, 2.05) is 0 Å². The van der Waals surface area contributed by atoms with Gasteiger partial charge >= 0.3 is 0 Å². The maximum absolute atomic E-state index is 13.1. The van der Waals surface area contributed by atoms with Crippen LogP contribution < -0.4 is 0 Å². The third-order valence-corrected chi connectivity index (χ3v) is 3.29. The maximum Gasteiger partial charge on any atom is 0.254 e.